The molecule has 2 aromatic carbocycles. The van der Waals surface area contributed by atoms with Crippen molar-refractivity contribution in [1.82, 2.24) is 4.98 Å². The van der Waals surface area contributed by atoms with Crippen molar-refractivity contribution in [2.75, 3.05) is 5.43 Å². The molecule has 3 nitrogen and oxygen atoms in total. The maximum absolute atomic E-state index is 4.76. The lowest BCUT2D eigenvalue weighted by Gasteiger charge is -2.14. The maximum atomic E-state index is 4.76. The van der Waals surface area contributed by atoms with Gasteiger partial charge in [-0.05, 0) is 17.7 Å². The second-order valence-electron chi connectivity index (χ2n) is 6.65. The van der Waals surface area contributed by atoms with E-state index in [-0.39, 0.29) is 5.41 Å². The predicted octanol–water partition coefficient (Wildman–Crippen LogP) is 5.55. The zero-order valence-electron chi connectivity index (χ0n) is 14.2. The first-order valence-corrected chi connectivity index (χ1v) is 8.81. The van der Waals surface area contributed by atoms with Crippen molar-refractivity contribution in [3.05, 3.63) is 71.2 Å². The van der Waals surface area contributed by atoms with Gasteiger partial charge in [0.25, 0.3) is 0 Å². The summed E-state index contributed by atoms with van der Waals surface area (Å²) in [6.45, 7) is 6.56. The van der Waals surface area contributed by atoms with Crippen LogP contribution in [-0.2, 0) is 5.41 Å². The molecule has 0 amide bonds. The average Bonchev–Trinajstić information content (AvgIpc) is 3.07. The molecule has 0 atom stereocenters. The van der Waals surface area contributed by atoms with Gasteiger partial charge < -0.3 is 0 Å². The molecule has 0 bridgehead atoms. The summed E-state index contributed by atoms with van der Waals surface area (Å²) < 4.78 is 0. The summed E-state index contributed by atoms with van der Waals surface area (Å²) in [7, 11) is 0. The van der Waals surface area contributed by atoms with Crippen LogP contribution in [-0.4, -0.2) is 11.2 Å². The maximum Gasteiger partial charge on any atom is 0.123 e. The van der Waals surface area contributed by atoms with E-state index in [4.69, 9.17) is 4.98 Å². The zero-order valence-corrected chi connectivity index (χ0v) is 15.0. The molecule has 24 heavy (non-hydrogen) atoms. The Hall–Kier alpha value is -2.46. The van der Waals surface area contributed by atoms with E-state index in [9.17, 15) is 0 Å². The van der Waals surface area contributed by atoms with E-state index >= 15 is 0 Å². The third-order valence-corrected chi connectivity index (χ3v) is 4.50. The molecular weight excluding hydrogens is 314 g/mol. The number of para-hydroxylation sites is 1. The number of rotatable bonds is 4. The standard InChI is InChI=1S/C20H21N3S/c1-20(2,3)18-14-24-19(22-18)16-11-9-15(10-12-16)13-21-23-17-7-5-4-6-8-17/h4-14,23H,1-3H3/b21-13+. The van der Waals surface area contributed by atoms with Crippen molar-refractivity contribution in [2.45, 2.75) is 26.2 Å². The SMILES string of the molecule is CC(C)(C)c1csc(-c2ccc(/C=N/Nc3ccccc3)cc2)n1. The summed E-state index contributed by atoms with van der Waals surface area (Å²) in [6, 6.07) is 18.2. The smallest absolute Gasteiger partial charge is 0.123 e. The molecule has 0 fully saturated rings. The van der Waals surface area contributed by atoms with E-state index in [1.807, 2.05) is 36.5 Å². The minimum atomic E-state index is 0.0878. The molecule has 1 aromatic heterocycles. The van der Waals surface area contributed by atoms with Gasteiger partial charge in [0.1, 0.15) is 5.01 Å². The number of hydrazone groups is 1. The van der Waals surface area contributed by atoms with Crippen molar-refractivity contribution >= 4 is 23.2 Å². The first kappa shape index (κ1) is 16.4. The summed E-state index contributed by atoms with van der Waals surface area (Å²) in [5.74, 6) is 0. The van der Waals surface area contributed by atoms with Crippen LogP contribution < -0.4 is 5.43 Å². The normalized spacial score (nSPS) is 11.8. The summed E-state index contributed by atoms with van der Waals surface area (Å²) >= 11 is 1.69. The molecular formula is C20H21N3S. The third-order valence-electron chi connectivity index (χ3n) is 3.61. The van der Waals surface area contributed by atoms with E-state index < -0.39 is 0 Å². The summed E-state index contributed by atoms with van der Waals surface area (Å²) in [5, 5.41) is 7.47. The number of nitrogens with zero attached hydrogens (tertiary/aromatic N) is 2. The van der Waals surface area contributed by atoms with Crippen LogP contribution in [0.15, 0.2) is 65.1 Å². The Labute approximate surface area is 147 Å². The van der Waals surface area contributed by atoms with Crippen LogP contribution in [0.2, 0.25) is 0 Å². The number of thiazole rings is 1. The van der Waals surface area contributed by atoms with E-state index in [2.05, 4.69) is 60.9 Å². The highest BCUT2D eigenvalue weighted by Crippen LogP contribution is 2.29. The first-order valence-electron chi connectivity index (χ1n) is 7.93. The van der Waals surface area contributed by atoms with Crippen LogP contribution in [0.3, 0.4) is 0 Å². The Morgan fingerprint density at radius 3 is 2.33 bits per heavy atom. The molecule has 1 heterocycles. The second-order valence-corrected chi connectivity index (χ2v) is 7.50. The van der Waals surface area contributed by atoms with Crippen molar-refractivity contribution in [1.29, 1.82) is 0 Å². The Morgan fingerprint density at radius 2 is 1.71 bits per heavy atom. The predicted molar refractivity (Wildman–Crippen MR) is 104 cm³/mol. The molecule has 4 heteroatoms. The largest absolute Gasteiger partial charge is 0.279 e. The van der Waals surface area contributed by atoms with Crippen molar-refractivity contribution < 1.29 is 0 Å². The lowest BCUT2D eigenvalue weighted by atomic mass is 9.93. The molecule has 0 aliphatic rings. The molecule has 0 unspecified atom stereocenters. The topological polar surface area (TPSA) is 37.3 Å². The van der Waals surface area contributed by atoms with Gasteiger partial charge in [-0.25, -0.2) is 4.98 Å². The summed E-state index contributed by atoms with van der Waals surface area (Å²) in [4.78, 5) is 4.76. The Morgan fingerprint density at radius 1 is 1.00 bits per heavy atom. The Bertz CT molecular complexity index is 812. The van der Waals surface area contributed by atoms with Crippen molar-refractivity contribution in [2.24, 2.45) is 5.10 Å². The fourth-order valence-electron chi connectivity index (χ4n) is 2.16. The average molecular weight is 335 g/mol. The fourth-order valence-corrected chi connectivity index (χ4v) is 3.21. The fraction of sp³-hybridized carbons (Fsp3) is 0.200. The minimum absolute atomic E-state index is 0.0878. The highest BCUT2D eigenvalue weighted by atomic mass is 32.1. The van der Waals surface area contributed by atoms with Gasteiger partial charge in [-0.1, -0.05) is 63.2 Å². The number of anilines is 1. The molecule has 0 saturated heterocycles. The summed E-state index contributed by atoms with van der Waals surface area (Å²) in [6.07, 6.45) is 1.82. The molecule has 0 spiro atoms. The van der Waals surface area contributed by atoms with Gasteiger partial charge in [0.05, 0.1) is 17.6 Å². The highest BCUT2D eigenvalue weighted by Gasteiger charge is 2.17. The van der Waals surface area contributed by atoms with Gasteiger partial charge in [0.15, 0.2) is 0 Å². The van der Waals surface area contributed by atoms with E-state index in [0.717, 1.165) is 27.5 Å². The second kappa shape index (κ2) is 6.97. The van der Waals surface area contributed by atoms with Crippen molar-refractivity contribution in [3.63, 3.8) is 0 Å². The third kappa shape index (κ3) is 4.09. The quantitative estimate of drug-likeness (QED) is 0.501. The summed E-state index contributed by atoms with van der Waals surface area (Å²) in [5.41, 5.74) is 7.41. The van der Waals surface area contributed by atoms with Crippen LogP contribution in [0, 0.1) is 0 Å². The Balaban J connectivity index is 1.68. The highest BCUT2D eigenvalue weighted by molar-refractivity contribution is 7.13. The zero-order chi connectivity index (χ0) is 17.0. The first-order chi connectivity index (χ1) is 11.5. The number of hydrogen-bond donors (Lipinski definition) is 1. The number of nitrogens with one attached hydrogen (secondary N) is 1. The molecule has 0 saturated carbocycles. The molecule has 122 valence electrons. The van der Waals surface area contributed by atoms with Crippen LogP contribution in [0.4, 0.5) is 5.69 Å². The van der Waals surface area contributed by atoms with Crippen LogP contribution in [0.5, 0.6) is 0 Å². The number of aromatic nitrogens is 1. The number of hydrogen-bond acceptors (Lipinski definition) is 4. The van der Waals surface area contributed by atoms with Gasteiger partial charge in [0.2, 0.25) is 0 Å². The molecule has 0 aliphatic heterocycles. The van der Waals surface area contributed by atoms with Crippen LogP contribution in [0.25, 0.3) is 10.6 Å². The molecule has 0 radical (unpaired) electrons. The van der Waals surface area contributed by atoms with Gasteiger partial charge in [0, 0.05) is 16.4 Å². The van der Waals surface area contributed by atoms with Gasteiger partial charge in [-0.15, -0.1) is 11.3 Å². The molecule has 0 aliphatic carbocycles. The van der Waals surface area contributed by atoms with Crippen molar-refractivity contribution in [3.8, 4) is 10.6 Å². The van der Waals surface area contributed by atoms with E-state index in [1.54, 1.807) is 11.3 Å². The molecule has 1 N–H and O–H groups in total. The van der Waals surface area contributed by atoms with Gasteiger partial charge in [-0.2, -0.15) is 5.10 Å². The van der Waals surface area contributed by atoms with Crippen LogP contribution in [0.1, 0.15) is 32.0 Å². The molecule has 3 rings (SSSR count). The van der Waals surface area contributed by atoms with E-state index in [1.165, 1.54) is 0 Å². The lowest BCUT2D eigenvalue weighted by molar-refractivity contribution is 0.573. The lowest BCUT2D eigenvalue weighted by Crippen LogP contribution is -2.11. The molecule has 3 aromatic rings. The van der Waals surface area contributed by atoms with Gasteiger partial charge in [-0.3, -0.25) is 5.43 Å². The number of benzene rings is 2. The monoisotopic (exact) mass is 335 g/mol. The van der Waals surface area contributed by atoms with Crippen LogP contribution >= 0.6 is 11.3 Å². The minimum Gasteiger partial charge on any atom is -0.279 e. The Kier molecular flexibility index (Phi) is 4.76. The van der Waals surface area contributed by atoms with E-state index in [0.29, 0.717) is 0 Å². The van der Waals surface area contributed by atoms with Gasteiger partial charge >= 0.3 is 0 Å².